The SMILES string of the molecule is COCCN1CCCN(C(=O)c2cccc(F)c2)c2ccccc21. The van der Waals surface area contributed by atoms with Crippen molar-refractivity contribution >= 4 is 17.3 Å². The summed E-state index contributed by atoms with van der Waals surface area (Å²) in [6.45, 7) is 2.87. The highest BCUT2D eigenvalue weighted by Gasteiger charge is 2.25. The lowest BCUT2D eigenvalue weighted by molar-refractivity contribution is 0.0987. The van der Waals surface area contributed by atoms with Gasteiger partial charge in [-0.1, -0.05) is 18.2 Å². The second-order valence-electron chi connectivity index (χ2n) is 5.79. The Morgan fingerprint density at radius 2 is 1.92 bits per heavy atom. The molecule has 2 aromatic carbocycles. The summed E-state index contributed by atoms with van der Waals surface area (Å²) in [7, 11) is 1.68. The molecule has 3 rings (SSSR count). The fraction of sp³-hybridized carbons (Fsp3) is 0.316. The van der Waals surface area contributed by atoms with Gasteiger partial charge < -0.3 is 14.5 Å². The predicted molar refractivity (Wildman–Crippen MR) is 93.2 cm³/mol. The van der Waals surface area contributed by atoms with Crippen molar-refractivity contribution < 1.29 is 13.9 Å². The number of nitrogens with zero attached hydrogens (tertiary/aromatic N) is 2. The molecule has 0 fully saturated rings. The largest absolute Gasteiger partial charge is 0.383 e. The molecule has 0 aromatic heterocycles. The van der Waals surface area contributed by atoms with Crippen LogP contribution in [0.5, 0.6) is 0 Å². The zero-order valence-electron chi connectivity index (χ0n) is 13.7. The number of hydrogen-bond donors (Lipinski definition) is 0. The van der Waals surface area contributed by atoms with Gasteiger partial charge in [0.1, 0.15) is 5.82 Å². The molecular formula is C19H21FN2O2. The topological polar surface area (TPSA) is 32.8 Å². The molecule has 1 aliphatic rings. The van der Waals surface area contributed by atoms with Crippen LogP contribution >= 0.6 is 0 Å². The Morgan fingerprint density at radius 1 is 1.12 bits per heavy atom. The lowest BCUT2D eigenvalue weighted by atomic mass is 10.1. The van der Waals surface area contributed by atoms with Crippen molar-refractivity contribution in [2.75, 3.05) is 43.2 Å². The molecule has 24 heavy (non-hydrogen) atoms. The Kier molecular flexibility index (Phi) is 5.11. The number of fused-ring (bicyclic) bond motifs is 1. The second kappa shape index (κ2) is 7.45. The first kappa shape index (κ1) is 16.5. The number of methoxy groups -OCH3 is 1. The van der Waals surface area contributed by atoms with E-state index < -0.39 is 5.82 Å². The van der Waals surface area contributed by atoms with Crippen LogP contribution in [0.2, 0.25) is 0 Å². The number of rotatable bonds is 4. The fourth-order valence-corrected chi connectivity index (χ4v) is 3.04. The van der Waals surface area contributed by atoms with E-state index in [-0.39, 0.29) is 5.91 Å². The molecule has 0 aliphatic carbocycles. The van der Waals surface area contributed by atoms with Crippen molar-refractivity contribution in [3.8, 4) is 0 Å². The van der Waals surface area contributed by atoms with E-state index in [1.807, 2.05) is 24.3 Å². The minimum absolute atomic E-state index is 0.171. The van der Waals surface area contributed by atoms with Crippen LogP contribution < -0.4 is 9.80 Å². The normalized spacial score (nSPS) is 14.2. The Balaban J connectivity index is 1.94. The molecule has 4 nitrogen and oxygen atoms in total. The number of amides is 1. The van der Waals surface area contributed by atoms with Gasteiger partial charge in [0.2, 0.25) is 0 Å². The van der Waals surface area contributed by atoms with Gasteiger partial charge >= 0.3 is 0 Å². The van der Waals surface area contributed by atoms with Crippen LogP contribution in [0.3, 0.4) is 0 Å². The third kappa shape index (κ3) is 3.41. The van der Waals surface area contributed by atoms with Crippen molar-refractivity contribution in [2.45, 2.75) is 6.42 Å². The van der Waals surface area contributed by atoms with Crippen molar-refractivity contribution in [3.63, 3.8) is 0 Å². The van der Waals surface area contributed by atoms with Gasteiger partial charge in [0.25, 0.3) is 5.91 Å². The Labute approximate surface area is 141 Å². The molecule has 0 unspecified atom stereocenters. The summed E-state index contributed by atoms with van der Waals surface area (Å²) >= 11 is 0. The van der Waals surface area contributed by atoms with E-state index in [9.17, 15) is 9.18 Å². The number of benzene rings is 2. The van der Waals surface area contributed by atoms with E-state index in [1.54, 1.807) is 24.1 Å². The maximum Gasteiger partial charge on any atom is 0.258 e. The minimum Gasteiger partial charge on any atom is -0.383 e. The third-order valence-corrected chi connectivity index (χ3v) is 4.21. The van der Waals surface area contributed by atoms with Gasteiger partial charge in [-0.15, -0.1) is 0 Å². The predicted octanol–water partition coefficient (Wildman–Crippen LogP) is 3.33. The maximum absolute atomic E-state index is 13.5. The molecule has 0 spiro atoms. The molecule has 0 atom stereocenters. The van der Waals surface area contributed by atoms with Crippen molar-refractivity contribution in [1.29, 1.82) is 0 Å². The van der Waals surface area contributed by atoms with Crippen LogP contribution in [0.4, 0.5) is 15.8 Å². The van der Waals surface area contributed by atoms with Crippen LogP contribution in [0.1, 0.15) is 16.8 Å². The highest BCUT2D eigenvalue weighted by atomic mass is 19.1. The van der Waals surface area contributed by atoms with Gasteiger partial charge in [0.15, 0.2) is 0 Å². The molecule has 0 bridgehead atoms. The molecule has 0 saturated heterocycles. The molecule has 0 N–H and O–H groups in total. The summed E-state index contributed by atoms with van der Waals surface area (Å²) in [5.41, 5.74) is 2.24. The summed E-state index contributed by atoms with van der Waals surface area (Å²) < 4.78 is 18.7. The third-order valence-electron chi connectivity index (χ3n) is 4.21. The number of hydrogen-bond acceptors (Lipinski definition) is 3. The van der Waals surface area contributed by atoms with Gasteiger partial charge in [-0.2, -0.15) is 0 Å². The summed E-state index contributed by atoms with van der Waals surface area (Å²) in [6, 6.07) is 13.7. The quantitative estimate of drug-likeness (QED) is 0.863. The van der Waals surface area contributed by atoms with E-state index in [0.29, 0.717) is 18.7 Å². The Bertz CT molecular complexity index is 720. The first-order chi connectivity index (χ1) is 11.7. The molecule has 1 heterocycles. The number of halogens is 1. The molecule has 1 amide bonds. The minimum atomic E-state index is -0.398. The van der Waals surface area contributed by atoms with Gasteiger partial charge in [-0.3, -0.25) is 4.79 Å². The van der Waals surface area contributed by atoms with E-state index in [0.717, 1.165) is 30.9 Å². The summed E-state index contributed by atoms with van der Waals surface area (Å²) in [6.07, 6.45) is 0.847. The monoisotopic (exact) mass is 328 g/mol. The number of carbonyl (C=O) groups excluding carboxylic acids is 1. The summed E-state index contributed by atoms with van der Waals surface area (Å²) in [4.78, 5) is 16.9. The van der Waals surface area contributed by atoms with Crippen molar-refractivity contribution in [3.05, 3.63) is 59.9 Å². The molecule has 0 radical (unpaired) electrons. The van der Waals surface area contributed by atoms with Crippen molar-refractivity contribution in [1.82, 2.24) is 0 Å². The smallest absolute Gasteiger partial charge is 0.258 e. The van der Waals surface area contributed by atoms with Crippen molar-refractivity contribution in [2.24, 2.45) is 0 Å². The van der Waals surface area contributed by atoms with Crippen LogP contribution in [0.25, 0.3) is 0 Å². The van der Waals surface area contributed by atoms with Crippen LogP contribution in [-0.2, 0) is 4.74 Å². The van der Waals surface area contributed by atoms with E-state index in [2.05, 4.69) is 4.90 Å². The van der Waals surface area contributed by atoms with Crippen LogP contribution in [0.15, 0.2) is 48.5 Å². The van der Waals surface area contributed by atoms with Crippen LogP contribution in [-0.4, -0.2) is 39.3 Å². The molecule has 2 aromatic rings. The Morgan fingerprint density at radius 3 is 2.67 bits per heavy atom. The standard InChI is InChI=1S/C19H21FN2O2/c1-24-13-12-21-10-5-11-22(18-9-3-2-8-17(18)21)19(23)15-6-4-7-16(20)14-15/h2-4,6-9,14H,5,10-13H2,1H3. The van der Waals surface area contributed by atoms with E-state index in [4.69, 9.17) is 4.74 Å². The zero-order valence-corrected chi connectivity index (χ0v) is 13.7. The molecule has 1 aliphatic heterocycles. The number of anilines is 2. The molecular weight excluding hydrogens is 307 g/mol. The maximum atomic E-state index is 13.5. The first-order valence-corrected chi connectivity index (χ1v) is 8.11. The van der Waals surface area contributed by atoms with Crippen LogP contribution in [0, 0.1) is 5.82 Å². The fourth-order valence-electron chi connectivity index (χ4n) is 3.04. The second-order valence-corrected chi connectivity index (χ2v) is 5.79. The molecule has 5 heteroatoms. The van der Waals surface area contributed by atoms with E-state index in [1.165, 1.54) is 12.1 Å². The number of para-hydroxylation sites is 2. The average molecular weight is 328 g/mol. The lowest BCUT2D eigenvalue weighted by Crippen LogP contribution is -2.31. The highest BCUT2D eigenvalue weighted by molar-refractivity contribution is 6.08. The van der Waals surface area contributed by atoms with Gasteiger partial charge in [-0.05, 0) is 36.8 Å². The number of carbonyl (C=O) groups is 1. The number of ether oxygens (including phenoxy) is 1. The molecule has 126 valence electrons. The summed E-state index contributed by atoms with van der Waals surface area (Å²) in [5, 5.41) is 0. The van der Waals surface area contributed by atoms with Gasteiger partial charge in [-0.25, -0.2) is 4.39 Å². The van der Waals surface area contributed by atoms with Gasteiger partial charge in [0.05, 0.1) is 18.0 Å². The highest BCUT2D eigenvalue weighted by Crippen LogP contribution is 2.33. The zero-order chi connectivity index (χ0) is 16.9. The van der Waals surface area contributed by atoms with Gasteiger partial charge in [0, 0.05) is 32.3 Å². The first-order valence-electron chi connectivity index (χ1n) is 8.11. The summed E-state index contributed by atoms with van der Waals surface area (Å²) in [5.74, 6) is -0.568. The Hall–Kier alpha value is -2.40. The lowest BCUT2D eigenvalue weighted by Gasteiger charge is -2.26. The molecule has 0 saturated carbocycles. The average Bonchev–Trinajstić information content (AvgIpc) is 2.79. The van der Waals surface area contributed by atoms with E-state index >= 15 is 0 Å².